The fourth-order valence-corrected chi connectivity index (χ4v) is 6.76. The molecule has 3 aliphatic rings. The predicted octanol–water partition coefficient (Wildman–Crippen LogP) is 1.41. The number of fused-ring (bicyclic) bond motifs is 1. The maximum Gasteiger partial charge on any atom is 0.244 e. The molecule has 0 radical (unpaired) electrons. The molecule has 1 saturated heterocycles. The van der Waals surface area contributed by atoms with Gasteiger partial charge >= 0.3 is 0 Å². The quantitative estimate of drug-likeness (QED) is 0.184. The number of carbonyl (C=O) groups is 2. The zero-order chi connectivity index (χ0) is 33.1. The molecular formula is C32H41Cl2FN4O7. The number of rotatable bonds is 13. The summed E-state index contributed by atoms with van der Waals surface area (Å²) >= 11 is 13.2. The van der Waals surface area contributed by atoms with E-state index in [9.17, 15) is 34.4 Å². The lowest BCUT2D eigenvalue weighted by molar-refractivity contribution is -0.126. The number of carbonyl (C=O) groups excluding carboxylic acids is 2. The molecule has 6 N–H and O–H groups in total. The molecule has 2 fully saturated rings. The molecule has 46 heavy (non-hydrogen) atoms. The summed E-state index contributed by atoms with van der Waals surface area (Å²) < 4.78 is 14.8. The van der Waals surface area contributed by atoms with Crippen molar-refractivity contribution in [2.75, 3.05) is 42.6 Å². The summed E-state index contributed by atoms with van der Waals surface area (Å²) in [5.74, 6) is -0.601. The van der Waals surface area contributed by atoms with E-state index in [2.05, 4.69) is 10.2 Å². The van der Waals surface area contributed by atoms with Gasteiger partial charge in [0.05, 0.1) is 30.1 Å². The Kier molecular flexibility index (Phi) is 11.4. The average molecular weight is 684 g/mol. The Balaban J connectivity index is 1.18. The molecule has 2 aromatic rings. The molecule has 2 aliphatic heterocycles. The number of alkyl halides is 1. The van der Waals surface area contributed by atoms with E-state index in [0.717, 1.165) is 30.8 Å². The summed E-state index contributed by atoms with van der Waals surface area (Å²) in [5.41, 5.74) is 3.11. The molecule has 252 valence electrons. The van der Waals surface area contributed by atoms with Gasteiger partial charge in [-0.15, -0.1) is 0 Å². The van der Waals surface area contributed by atoms with Crippen molar-refractivity contribution in [1.29, 1.82) is 0 Å². The third-order valence-electron chi connectivity index (χ3n) is 8.98. The van der Waals surface area contributed by atoms with Crippen molar-refractivity contribution in [1.82, 2.24) is 10.2 Å². The van der Waals surface area contributed by atoms with Crippen LogP contribution in [0.4, 0.5) is 15.8 Å². The van der Waals surface area contributed by atoms with E-state index in [-0.39, 0.29) is 38.3 Å². The van der Waals surface area contributed by atoms with E-state index < -0.39 is 55.7 Å². The second kappa shape index (κ2) is 15.1. The SMILES string of the molecule is O=C(CCc1cc(Cl)c(CN2C[C@@H](F)C[C@H]2C(=O)N2CCN(C3CC3)c3ccccc32)cc1Cl)NC[C@H](O)[C@@H](O)[C@H](O)[C@H](O)CO. The molecule has 14 heteroatoms. The molecule has 0 spiro atoms. The molecule has 5 rings (SSSR count). The van der Waals surface area contributed by atoms with E-state index in [1.807, 2.05) is 29.2 Å². The van der Waals surface area contributed by atoms with Gasteiger partial charge in [-0.1, -0.05) is 35.3 Å². The van der Waals surface area contributed by atoms with Gasteiger partial charge in [0.1, 0.15) is 24.5 Å². The summed E-state index contributed by atoms with van der Waals surface area (Å²) in [6.07, 6.45) is -5.38. The Morgan fingerprint density at radius 3 is 2.30 bits per heavy atom. The fraction of sp³-hybridized carbons (Fsp3) is 0.562. The van der Waals surface area contributed by atoms with Crippen molar-refractivity contribution in [3.8, 4) is 0 Å². The van der Waals surface area contributed by atoms with Crippen molar-refractivity contribution in [2.24, 2.45) is 0 Å². The summed E-state index contributed by atoms with van der Waals surface area (Å²) in [5, 5.41) is 51.1. The van der Waals surface area contributed by atoms with Crippen molar-refractivity contribution in [3.63, 3.8) is 0 Å². The Morgan fingerprint density at radius 1 is 0.957 bits per heavy atom. The van der Waals surface area contributed by atoms with Crippen LogP contribution in [0.2, 0.25) is 10.0 Å². The molecule has 11 nitrogen and oxygen atoms in total. The highest BCUT2D eigenvalue weighted by Crippen LogP contribution is 2.41. The number of nitrogens with zero attached hydrogens (tertiary/aromatic N) is 3. The molecule has 6 atom stereocenters. The average Bonchev–Trinajstić information content (AvgIpc) is 3.83. The van der Waals surface area contributed by atoms with Gasteiger partial charge in [0.25, 0.3) is 0 Å². The van der Waals surface area contributed by atoms with E-state index in [4.69, 9.17) is 28.3 Å². The number of halogens is 3. The summed E-state index contributed by atoms with van der Waals surface area (Å²) in [7, 11) is 0. The lowest BCUT2D eigenvalue weighted by Gasteiger charge is -2.39. The Hall–Kier alpha value is -2.55. The third-order valence-corrected chi connectivity index (χ3v) is 9.69. The summed E-state index contributed by atoms with van der Waals surface area (Å²) in [4.78, 5) is 32.2. The van der Waals surface area contributed by atoms with Crippen LogP contribution in [-0.4, -0.2) is 118 Å². The number of aliphatic hydroxyl groups is 5. The normalized spacial score (nSPS) is 22.7. The van der Waals surface area contributed by atoms with Gasteiger partial charge in [0, 0.05) is 61.7 Å². The van der Waals surface area contributed by atoms with Crippen LogP contribution in [0.5, 0.6) is 0 Å². The predicted molar refractivity (Wildman–Crippen MR) is 172 cm³/mol. The topological polar surface area (TPSA) is 157 Å². The zero-order valence-electron chi connectivity index (χ0n) is 25.3. The molecule has 0 unspecified atom stereocenters. The number of aliphatic hydroxyl groups excluding tert-OH is 5. The van der Waals surface area contributed by atoms with Crippen molar-refractivity contribution in [2.45, 2.75) is 81.3 Å². The minimum Gasteiger partial charge on any atom is -0.394 e. The second-order valence-corrected chi connectivity index (χ2v) is 13.1. The highest BCUT2D eigenvalue weighted by atomic mass is 35.5. The Labute approximate surface area is 277 Å². The second-order valence-electron chi connectivity index (χ2n) is 12.3. The van der Waals surface area contributed by atoms with Gasteiger partial charge in [-0.25, -0.2) is 4.39 Å². The molecule has 1 aliphatic carbocycles. The number of aryl methyl sites for hydroxylation is 1. The molecule has 1 saturated carbocycles. The number of anilines is 2. The van der Waals surface area contributed by atoms with E-state index in [1.165, 1.54) is 0 Å². The molecule has 2 amide bonds. The van der Waals surface area contributed by atoms with Crippen molar-refractivity contribution < 1.29 is 39.5 Å². The molecule has 0 aromatic heterocycles. The minimum atomic E-state index is -1.79. The monoisotopic (exact) mass is 682 g/mol. The number of hydrogen-bond donors (Lipinski definition) is 6. The van der Waals surface area contributed by atoms with Crippen LogP contribution in [0, 0.1) is 0 Å². The smallest absolute Gasteiger partial charge is 0.244 e. The highest BCUT2D eigenvalue weighted by molar-refractivity contribution is 6.34. The summed E-state index contributed by atoms with van der Waals surface area (Å²) in [6, 6.07) is 11.0. The number of nitrogens with one attached hydrogen (secondary N) is 1. The number of likely N-dealkylation sites (tertiary alicyclic amines) is 1. The van der Waals surface area contributed by atoms with Gasteiger partial charge < -0.3 is 40.6 Å². The first-order chi connectivity index (χ1) is 22.0. The largest absolute Gasteiger partial charge is 0.394 e. The summed E-state index contributed by atoms with van der Waals surface area (Å²) in [6.45, 7) is 0.385. The van der Waals surface area contributed by atoms with E-state index in [1.54, 1.807) is 17.0 Å². The highest BCUT2D eigenvalue weighted by Gasteiger charge is 2.42. The van der Waals surface area contributed by atoms with Crippen LogP contribution < -0.4 is 15.1 Å². The first kappa shape index (κ1) is 34.8. The van der Waals surface area contributed by atoms with E-state index in [0.29, 0.717) is 33.8 Å². The van der Waals surface area contributed by atoms with Crippen molar-refractivity contribution >= 4 is 46.4 Å². The van der Waals surface area contributed by atoms with Crippen LogP contribution in [0.3, 0.4) is 0 Å². The minimum absolute atomic E-state index is 0.0260. The Bertz CT molecular complexity index is 1400. The number of amides is 2. The van der Waals surface area contributed by atoms with Gasteiger partial charge in [0.2, 0.25) is 11.8 Å². The molecule has 0 bridgehead atoms. The lowest BCUT2D eigenvalue weighted by Crippen LogP contribution is -2.51. The number of hydrogen-bond acceptors (Lipinski definition) is 9. The van der Waals surface area contributed by atoms with Gasteiger partial charge in [-0.2, -0.15) is 0 Å². The molecule has 2 heterocycles. The third kappa shape index (κ3) is 7.94. The van der Waals surface area contributed by atoms with Crippen LogP contribution in [0.1, 0.15) is 36.8 Å². The maximum absolute atomic E-state index is 14.8. The van der Waals surface area contributed by atoms with Gasteiger partial charge in [-0.3, -0.25) is 14.5 Å². The maximum atomic E-state index is 14.8. The molecular weight excluding hydrogens is 642 g/mol. The standard InChI is InChI=1S/C32H41Cl2FN4O7/c33-22-12-19(23(34)11-18(22)5-8-29(43)36-14-27(41)30(44)31(45)28(42)17-40)15-37-16-20(35)13-26(37)32(46)39-10-9-38(21-6-7-21)24-3-1-2-4-25(24)39/h1-4,11-12,20-21,26-28,30-31,40-42,44-45H,5-10,13-17H2,(H,36,43)/t20-,26-,27-,28+,30+,31+/m0/s1. The van der Waals surface area contributed by atoms with Crippen LogP contribution >= 0.6 is 23.2 Å². The van der Waals surface area contributed by atoms with Crippen molar-refractivity contribution in [3.05, 3.63) is 57.6 Å². The molecule has 2 aromatic carbocycles. The Morgan fingerprint density at radius 2 is 1.61 bits per heavy atom. The first-order valence-corrected chi connectivity index (χ1v) is 16.4. The van der Waals surface area contributed by atoms with Crippen LogP contribution in [-0.2, 0) is 22.6 Å². The zero-order valence-corrected chi connectivity index (χ0v) is 26.8. The number of para-hydroxylation sites is 2. The first-order valence-electron chi connectivity index (χ1n) is 15.6. The van der Waals surface area contributed by atoms with E-state index >= 15 is 0 Å². The van der Waals surface area contributed by atoms with Gasteiger partial charge in [-0.05, 0) is 54.7 Å². The van der Waals surface area contributed by atoms with Crippen LogP contribution in [0.25, 0.3) is 0 Å². The fourth-order valence-electron chi connectivity index (χ4n) is 6.24. The van der Waals surface area contributed by atoms with Gasteiger partial charge in [0.15, 0.2) is 0 Å². The number of benzene rings is 2. The lowest BCUT2D eigenvalue weighted by atomic mass is 10.0. The van der Waals surface area contributed by atoms with Crippen LogP contribution in [0.15, 0.2) is 36.4 Å².